The summed E-state index contributed by atoms with van der Waals surface area (Å²) >= 11 is 0. The minimum absolute atomic E-state index is 0.00640. The van der Waals surface area contributed by atoms with Gasteiger partial charge in [0.25, 0.3) is 5.91 Å². The summed E-state index contributed by atoms with van der Waals surface area (Å²) in [5.41, 5.74) is 2.66. The van der Waals surface area contributed by atoms with E-state index in [4.69, 9.17) is 18.9 Å². The third-order valence-corrected chi connectivity index (χ3v) is 6.27. The van der Waals surface area contributed by atoms with E-state index in [9.17, 15) is 9.59 Å². The third kappa shape index (κ3) is 4.46. The van der Waals surface area contributed by atoms with Crippen molar-refractivity contribution in [2.24, 2.45) is 0 Å². The number of rotatable bonds is 7. The van der Waals surface area contributed by atoms with Crippen molar-refractivity contribution in [1.29, 1.82) is 0 Å². The molecule has 11 nitrogen and oxygen atoms in total. The number of benzene rings is 1. The van der Waals surface area contributed by atoms with E-state index in [1.54, 1.807) is 37.3 Å². The first-order chi connectivity index (χ1) is 17.1. The Morgan fingerprint density at radius 3 is 2.80 bits per heavy atom. The third-order valence-electron chi connectivity index (χ3n) is 6.27. The van der Waals surface area contributed by atoms with Crippen molar-refractivity contribution < 1.29 is 28.5 Å². The van der Waals surface area contributed by atoms with Crippen molar-refractivity contribution in [3.63, 3.8) is 0 Å². The fourth-order valence-corrected chi connectivity index (χ4v) is 4.44. The summed E-state index contributed by atoms with van der Waals surface area (Å²) in [6.07, 6.45) is 4.48. The van der Waals surface area contributed by atoms with Crippen LogP contribution in [0.2, 0.25) is 0 Å². The summed E-state index contributed by atoms with van der Waals surface area (Å²) in [5, 5.41) is 3.08. The van der Waals surface area contributed by atoms with Crippen LogP contribution < -0.4 is 19.5 Å². The van der Waals surface area contributed by atoms with Crippen molar-refractivity contribution in [2.75, 3.05) is 40.2 Å². The van der Waals surface area contributed by atoms with Gasteiger partial charge in [0, 0.05) is 39.4 Å². The lowest BCUT2D eigenvalue weighted by Gasteiger charge is -2.31. The van der Waals surface area contributed by atoms with Gasteiger partial charge in [-0.1, -0.05) is 0 Å². The van der Waals surface area contributed by atoms with E-state index in [1.165, 1.54) is 6.33 Å². The Kier molecular flexibility index (Phi) is 6.41. The second kappa shape index (κ2) is 9.79. The molecule has 1 saturated heterocycles. The number of amides is 2. The van der Waals surface area contributed by atoms with E-state index in [-0.39, 0.29) is 24.6 Å². The van der Waals surface area contributed by atoms with E-state index in [0.717, 1.165) is 0 Å². The molecule has 2 N–H and O–H groups in total. The second-order valence-electron chi connectivity index (χ2n) is 8.42. The Hall–Kier alpha value is -3.86. The Balaban J connectivity index is 1.44. The number of carbonyl (C=O) groups is 2. The van der Waals surface area contributed by atoms with Crippen LogP contribution in [-0.2, 0) is 9.53 Å². The van der Waals surface area contributed by atoms with Gasteiger partial charge in [-0.2, -0.15) is 0 Å². The average molecular weight is 482 g/mol. The van der Waals surface area contributed by atoms with Gasteiger partial charge in [0.15, 0.2) is 11.5 Å². The molecule has 0 spiro atoms. The van der Waals surface area contributed by atoms with Crippen LogP contribution in [0, 0.1) is 0 Å². The molecule has 1 aromatic carbocycles. The monoisotopic (exact) mass is 481 g/mol. The first-order valence-electron chi connectivity index (χ1n) is 11.5. The molecule has 0 atom stereocenters. The van der Waals surface area contributed by atoms with Gasteiger partial charge in [0.1, 0.15) is 29.9 Å². The molecule has 0 bridgehead atoms. The highest BCUT2D eigenvalue weighted by atomic mass is 16.7. The van der Waals surface area contributed by atoms with Gasteiger partial charge in [-0.05, 0) is 25.0 Å². The lowest BCUT2D eigenvalue weighted by Crippen LogP contribution is -2.45. The number of likely N-dealkylation sites (tertiary alicyclic amines) is 1. The molecule has 0 unspecified atom stereocenters. The van der Waals surface area contributed by atoms with Crippen LogP contribution in [0.1, 0.15) is 30.1 Å². The van der Waals surface area contributed by atoms with Gasteiger partial charge in [-0.15, -0.1) is 0 Å². The molecule has 2 aromatic heterocycles. The molecular formula is C24H27N5O6. The topological polar surface area (TPSA) is 128 Å². The normalized spacial score (nSPS) is 15.4. The van der Waals surface area contributed by atoms with Crippen LogP contribution in [0.4, 0.5) is 0 Å². The maximum Gasteiger partial charge on any atom is 0.255 e. The summed E-state index contributed by atoms with van der Waals surface area (Å²) in [4.78, 5) is 38.5. The van der Waals surface area contributed by atoms with Crippen molar-refractivity contribution in [3.8, 4) is 28.5 Å². The molecule has 2 amide bonds. The van der Waals surface area contributed by atoms with Gasteiger partial charge in [0.2, 0.25) is 12.7 Å². The number of H-pyrrole nitrogens is 1. The highest BCUT2D eigenvalue weighted by Gasteiger charge is 2.28. The predicted octanol–water partition coefficient (Wildman–Crippen LogP) is 2.12. The molecule has 0 aliphatic carbocycles. The van der Waals surface area contributed by atoms with Crippen LogP contribution in [0.15, 0.2) is 24.7 Å². The maximum atomic E-state index is 13.1. The number of hydrogen-bond acceptors (Lipinski definition) is 8. The molecule has 2 aliphatic rings. The number of piperidine rings is 1. The molecular weight excluding hydrogens is 454 g/mol. The van der Waals surface area contributed by atoms with Gasteiger partial charge in [-0.3, -0.25) is 9.59 Å². The van der Waals surface area contributed by atoms with Gasteiger partial charge >= 0.3 is 0 Å². The number of nitrogens with zero attached hydrogens (tertiary/aromatic N) is 3. The molecule has 35 heavy (non-hydrogen) atoms. The fourth-order valence-electron chi connectivity index (χ4n) is 4.44. The van der Waals surface area contributed by atoms with Crippen molar-refractivity contribution in [1.82, 2.24) is 25.2 Å². The molecule has 2 aliphatic heterocycles. The number of nitrogens with one attached hydrogen (secondary N) is 2. The van der Waals surface area contributed by atoms with Crippen molar-refractivity contribution >= 4 is 22.8 Å². The molecule has 0 saturated carbocycles. The molecule has 11 heteroatoms. The summed E-state index contributed by atoms with van der Waals surface area (Å²) in [6.45, 7) is 3.69. The summed E-state index contributed by atoms with van der Waals surface area (Å²) in [7, 11) is 1.61. The highest BCUT2D eigenvalue weighted by molar-refractivity contribution is 6.08. The minimum atomic E-state index is -0.225. The Morgan fingerprint density at radius 2 is 2.03 bits per heavy atom. The van der Waals surface area contributed by atoms with E-state index >= 15 is 0 Å². The first-order valence-corrected chi connectivity index (χ1v) is 11.5. The van der Waals surface area contributed by atoms with Gasteiger partial charge in [0.05, 0.1) is 23.3 Å². The maximum absolute atomic E-state index is 13.1. The van der Waals surface area contributed by atoms with Crippen LogP contribution in [-0.4, -0.2) is 77.9 Å². The molecule has 1 fully saturated rings. The number of carbonyl (C=O) groups excluding carboxylic acids is 2. The number of aromatic amines is 1. The zero-order valence-corrected chi connectivity index (χ0v) is 19.6. The molecule has 0 radical (unpaired) electrons. The number of aromatic nitrogens is 3. The van der Waals surface area contributed by atoms with Crippen LogP contribution >= 0.6 is 0 Å². The zero-order chi connectivity index (χ0) is 24.4. The number of fused-ring (bicyclic) bond motifs is 2. The van der Waals surface area contributed by atoms with Gasteiger partial charge < -0.3 is 34.1 Å². The summed E-state index contributed by atoms with van der Waals surface area (Å²) < 4.78 is 22.4. The van der Waals surface area contributed by atoms with E-state index in [1.807, 2.05) is 0 Å². The van der Waals surface area contributed by atoms with E-state index in [0.29, 0.717) is 84.2 Å². The summed E-state index contributed by atoms with van der Waals surface area (Å²) in [5.74, 6) is 1.51. The van der Waals surface area contributed by atoms with Crippen LogP contribution in [0.5, 0.6) is 17.2 Å². The van der Waals surface area contributed by atoms with Crippen LogP contribution in [0.25, 0.3) is 22.3 Å². The van der Waals surface area contributed by atoms with Crippen molar-refractivity contribution in [2.45, 2.75) is 25.8 Å². The predicted molar refractivity (Wildman–Crippen MR) is 126 cm³/mol. The van der Waals surface area contributed by atoms with E-state index < -0.39 is 0 Å². The fraction of sp³-hybridized carbons (Fsp3) is 0.417. The molecule has 4 heterocycles. The standard InChI is InChI=1S/C24H27N5O6/c1-14(30)29-7-5-15(6-8-29)28-24(31)16-11-25-22-20(16)26-12-27-21(22)19-17(33-10-9-32-2)3-4-18-23(19)35-13-34-18/h3-4,11-12,15,25H,5-10,13H2,1-2H3,(H,28,31). The zero-order valence-electron chi connectivity index (χ0n) is 19.6. The smallest absolute Gasteiger partial charge is 0.255 e. The van der Waals surface area contributed by atoms with Crippen LogP contribution in [0.3, 0.4) is 0 Å². The first kappa shape index (κ1) is 22.9. The van der Waals surface area contributed by atoms with Gasteiger partial charge in [-0.25, -0.2) is 9.97 Å². The Bertz CT molecular complexity index is 1250. The minimum Gasteiger partial charge on any atom is -0.490 e. The molecule has 184 valence electrons. The quantitative estimate of drug-likeness (QED) is 0.491. The molecule has 5 rings (SSSR count). The number of hydrogen-bond donors (Lipinski definition) is 2. The Labute approximate surface area is 201 Å². The van der Waals surface area contributed by atoms with E-state index in [2.05, 4.69) is 20.3 Å². The molecule has 3 aromatic rings. The number of ether oxygens (including phenoxy) is 4. The largest absolute Gasteiger partial charge is 0.490 e. The number of methoxy groups -OCH3 is 1. The highest BCUT2D eigenvalue weighted by Crippen LogP contribution is 2.47. The van der Waals surface area contributed by atoms with Crippen molar-refractivity contribution in [3.05, 3.63) is 30.2 Å². The lowest BCUT2D eigenvalue weighted by atomic mass is 10.0. The second-order valence-corrected chi connectivity index (χ2v) is 8.42. The lowest BCUT2D eigenvalue weighted by molar-refractivity contribution is -0.129. The SMILES string of the molecule is COCCOc1ccc2c(c1-c1ncnc3c(C(=O)NC4CCN(C(C)=O)CC4)c[nH]c13)OCO2. The average Bonchev–Trinajstić information content (AvgIpc) is 3.51. The Morgan fingerprint density at radius 1 is 1.20 bits per heavy atom. The summed E-state index contributed by atoms with van der Waals surface area (Å²) in [6, 6.07) is 3.58.